The fourth-order valence-electron chi connectivity index (χ4n) is 1.31. The first-order valence-electron chi connectivity index (χ1n) is 5.51. The molecule has 1 aromatic rings. The molecule has 0 fully saturated rings. The number of hydrogen-bond donors (Lipinski definition) is 1. The van der Waals surface area contributed by atoms with Gasteiger partial charge in [0.15, 0.2) is 0 Å². The summed E-state index contributed by atoms with van der Waals surface area (Å²) in [5, 5.41) is 2.74. The SMILES string of the molecule is CC(C)(C)OC(=O)NCc1cccc(CI)c1. The summed E-state index contributed by atoms with van der Waals surface area (Å²) in [6.45, 7) is 6.05. The molecule has 1 N–H and O–H groups in total. The van der Waals surface area contributed by atoms with Crippen LogP contribution in [0.2, 0.25) is 0 Å². The maximum Gasteiger partial charge on any atom is 0.407 e. The number of amides is 1. The maximum absolute atomic E-state index is 11.5. The number of rotatable bonds is 3. The van der Waals surface area contributed by atoms with Crippen molar-refractivity contribution in [3.63, 3.8) is 0 Å². The second-order valence-electron chi connectivity index (χ2n) is 4.81. The highest BCUT2D eigenvalue weighted by molar-refractivity contribution is 14.1. The van der Waals surface area contributed by atoms with Gasteiger partial charge in [-0.25, -0.2) is 4.79 Å². The molecular weight excluding hydrogens is 329 g/mol. The van der Waals surface area contributed by atoms with Gasteiger partial charge >= 0.3 is 6.09 Å². The van der Waals surface area contributed by atoms with E-state index in [2.05, 4.69) is 40.0 Å². The van der Waals surface area contributed by atoms with Gasteiger partial charge in [-0.15, -0.1) is 0 Å². The van der Waals surface area contributed by atoms with Crippen molar-refractivity contribution in [3.8, 4) is 0 Å². The molecule has 0 unspecified atom stereocenters. The topological polar surface area (TPSA) is 38.3 Å². The van der Waals surface area contributed by atoms with E-state index in [0.717, 1.165) is 9.99 Å². The Balaban J connectivity index is 2.47. The molecule has 1 aromatic carbocycles. The van der Waals surface area contributed by atoms with Crippen molar-refractivity contribution < 1.29 is 9.53 Å². The molecule has 94 valence electrons. The van der Waals surface area contributed by atoms with Gasteiger partial charge < -0.3 is 10.1 Å². The lowest BCUT2D eigenvalue weighted by atomic mass is 10.1. The Morgan fingerprint density at radius 1 is 1.35 bits per heavy atom. The van der Waals surface area contributed by atoms with Crippen LogP contribution in [-0.4, -0.2) is 11.7 Å². The summed E-state index contributed by atoms with van der Waals surface area (Å²) >= 11 is 2.32. The Hall–Kier alpha value is -0.780. The Morgan fingerprint density at radius 3 is 2.59 bits per heavy atom. The number of benzene rings is 1. The van der Waals surface area contributed by atoms with Crippen molar-refractivity contribution in [2.75, 3.05) is 0 Å². The molecular formula is C13H18INO2. The van der Waals surface area contributed by atoms with Crippen molar-refractivity contribution in [2.24, 2.45) is 0 Å². The molecule has 0 saturated heterocycles. The monoisotopic (exact) mass is 347 g/mol. The quantitative estimate of drug-likeness (QED) is 0.670. The molecule has 3 nitrogen and oxygen atoms in total. The van der Waals surface area contributed by atoms with Crippen LogP contribution in [0.25, 0.3) is 0 Å². The first kappa shape index (κ1) is 14.3. The standard InChI is InChI=1S/C13H18INO2/c1-13(2,3)17-12(16)15-9-11-6-4-5-10(7-11)8-14/h4-7H,8-9H2,1-3H3,(H,15,16). The van der Waals surface area contributed by atoms with Gasteiger partial charge in [-0.3, -0.25) is 0 Å². The van der Waals surface area contributed by atoms with E-state index >= 15 is 0 Å². The van der Waals surface area contributed by atoms with Gasteiger partial charge in [0.05, 0.1) is 0 Å². The zero-order valence-corrected chi connectivity index (χ0v) is 12.6. The van der Waals surface area contributed by atoms with Gasteiger partial charge in [0.1, 0.15) is 5.60 Å². The number of hydrogen-bond acceptors (Lipinski definition) is 2. The third kappa shape index (κ3) is 5.91. The van der Waals surface area contributed by atoms with Crippen LogP contribution in [0.4, 0.5) is 4.79 Å². The van der Waals surface area contributed by atoms with Crippen molar-refractivity contribution in [1.82, 2.24) is 5.32 Å². The molecule has 0 saturated carbocycles. The van der Waals surface area contributed by atoms with E-state index in [9.17, 15) is 4.79 Å². The number of halogens is 1. The molecule has 0 aromatic heterocycles. The average molecular weight is 347 g/mol. The lowest BCUT2D eigenvalue weighted by Crippen LogP contribution is -2.32. The minimum Gasteiger partial charge on any atom is -0.444 e. The van der Waals surface area contributed by atoms with Crippen molar-refractivity contribution in [3.05, 3.63) is 35.4 Å². The molecule has 0 heterocycles. The zero-order chi connectivity index (χ0) is 12.9. The largest absolute Gasteiger partial charge is 0.444 e. The Kier molecular flexibility index (Phi) is 5.24. The molecule has 1 amide bonds. The van der Waals surface area contributed by atoms with Crippen LogP contribution in [0.3, 0.4) is 0 Å². The van der Waals surface area contributed by atoms with Crippen LogP contribution >= 0.6 is 22.6 Å². The Labute approximate surface area is 116 Å². The predicted molar refractivity (Wildman–Crippen MR) is 77.2 cm³/mol. The third-order valence-corrected chi connectivity index (χ3v) is 2.86. The number of alkyl carbamates (subject to hydrolysis) is 1. The fourth-order valence-corrected chi connectivity index (χ4v) is 1.79. The molecule has 1 rings (SSSR count). The third-order valence-electron chi connectivity index (χ3n) is 1.98. The number of ether oxygens (including phenoxy) is 1. The van der Waals surface area contributed by atoms with Crippen LogP contribution in [0.5, 0.6) is 0 Å². The second kappa shape index (κ2) is 6.23. The summed E-state index contributed by atoms with van der Waals surface area (Å²) in [7, 11) is 0. The van der Waals surface area contributed by atoms with Gasteiger partial charge in [0.25, 0.3) is 0 Å². The molecule has 17 heavy (non-hydrogen) atoms. The van der Waals surface area contributed by atoms with Crippen LogP contribution in [-0.2, 0) is 15.7 Å². The Morgan fingerprint density at radius 2 is 2.00 bits per heavy atom. The summed E-state index contributed by atoms with van der Waals surface area (Å²) in [5.74, 6) is 0. The normalized spacial score (nSPS) is 11.1. The van der Waals surface area contributed by atoms with Crippen LogP contribution in [0, 0.1) is 0 Å². The van der Waals surface area contributed by atoms with Crippen LogP contribution in [0.1, 0.15) is 31.9 Å². The Bertz CT molecular complexity index is 385. The molecule has 0 aliphatic carbocycles. The van der Waals surface area contributed by atoms with Gasteiger partial charge in [0.2, 0.25) is 0 Å². The van der Waals surface area contributed by atoms with Gasteiger partial charge in [-0.1, -0.05) is 46.9 Å². The molecule has 0 aliphatic rings. The highest BCUT2D eigenvalue weighted by Crippen LogP contribution is 2.10. The molecule has 0 spiro atoms. The molecule has 0 radical (unpaired) electrons. The lowest BCUT2D eigenvalue weighted by molar-refractivity contribution is 0.0523. The summed E-state index contributed by atoms with van der Waals surface area (Å²) in [6, 6.07) is 8.15. The van der Waals surface area contributed by atoms with Crippen molar-refractivity contribution >= 4 is 28.7 Å². The highest BCUT2D eigenvalue weighted by atomic mass is 127. The van der Waals surface area contributed by atoms with Gasteiger partial charge in [-0.2, -0.15) is 0 Å². The van der Waals surface area contributed by atoms with Crippen LogP contribution < -0.4 is 5.32 Å². The van der Waals surface area contributed by atoms with E-state index in [0.29, 0.717) is 6.54 Å². The number of alkyl halides is 1. The van der Waals surface area contributed by atoms with E-state index in [1.165, 1.54) is 5.56 Å². The van der Waals surface area contributed by atoms with Gasteiger partial charge in [-0.05, 0) is 31.9 Å². The van der Waals surface area contributed by atoms with E-state index in [4.69, 9.17) is 4.74 Å². The maximum atomic E-state index is 11.5. The van der Waals surface area contributed by atoms with E-state index in [1.807, 2.05) is 32.9 Å². The van der Waals surface area contributed by atoms with Crippen molar-refractivity contribution in [2.45, 2.75) is 37.3 Å². The number of carbonyl (C=O) groups excluding carboxylic acids is 1. The smallest absolute Gasteiger partial charge is 0.407 e. The van der Waals surface area contributed by atoms with Crippen molar-refractivity contribution in [1.29, 1.82) is 0 Å². The second-order valence-corrected chi connectivity index (χ2v) is 5.57. The zero-order valence-electron chi connectivity index (χ0n) is 10.4. The number of nitrogens with one attached hydrogen (secondary N) is 1. The summed E-state index contributed by atoms with van der Waals surface area (Å²) in [6.07, 6.45) is -0.377. The molecule has 0 bridgehead atoms. The molecule has 4 heteroatoms. The predicted octanol–water partition coefficient (Wildman–Crippen LogP) is 3.65. The number of carbonyl (C=O) groups is 1. The summed E-state index contributed by atoms with van der Waals surface area (Å²) in [5.41, 5.74) is 1.90. The first-order chi connectivity index (χ1) is 7.90. The first-order valence-corrected chi connectivity index (χ1v) is 7.04. The van der Waals surface area contributed by atoms with E-state index in [1.54, 1.807) is 0 Å². The van der Waals surface area contributed by atoms with E-state index in [-0.39, 0.29) is 6.09 Å². The summed E-state index contributed by atoms with van der Waals surface area (Å²) < 4.78 is 6.13. The van der Waals surface area contributed by atoms with E-state index < -0.39 is 5.60 Å². The van der Waals surface area contributed by atoms with Gasteiger partial charge in [0, 0.05) is 11.0 Å². The van der Waals surface area contributed by atoms with Crippen LogP contribution in [0.15, 0.2) is 24.3 Å². The minimum atomic E-state index is -0.450. The minimum absolute atomic E-state index is 0.377. The highest BCUT2D eigenvalue weighted by Gasteiger charge is 2.15. The average Bonchev–Trinajstić information content (AvgIpc) is 2.24. The summed E-state index contributed by atoms with van der Waals surface area (Å²) in [4.78, 5) is 11.5. The molecule has 0 aliphatic heterocycles. The molecule has 0 atom stereocenters. The lowest BCUT2D eigenvalue weighted by Gasteiger charge is -2.19. The fraction of sp³-hybridized carbons (Fsp3) is 0.462.